The molecule has 12 N–H and O–H groups in total. The summed E-state index contributed by atoms with van der Waals surface area (Å²) in [7, 11) is 0. The van der Waals surface area contributed by atoms with Crippen LogP contribution >= 0.6 is 0 Å². The zero-order valence-corrected chi connectivity index (χ0v) is 48.0. The highest BCUT2D eigenvalue weighted by Gasteiger charge is 2.58. The number of rotatable bonds is 12. The minimum absolute atomic E-state index is 0.0119. The molecule has 3 aromatic carbocycles. The van der Waals surface area contributed by atoms with Crippen molar-refractivity contribution < 1.29 is 54.4 Å². The van der Waals surface area contributed by atoms with Gasteiger partial charge < -0.3 is 66.0 Å². The number of aliphatic hydroxyl groups excluding tert-OH is 3. The molecule has 16 heteroatoms. The van der Waals surface area contributed by atoms with Crippen LogP contribution in [0.15, 0.2) is 116 Å². The lowest BCUT2D eigenvalue weighted by molar-refractivity contribution is -0.171. The first-order valence-electron chi connectivity index (χ1n) is 30.5. The van der Waals surface area contributed by atoms with Crippen molar-refractivity contribution in [1.29, 1.82) is 0 Å². The monoisotopic (exact) mass is 1130 g/mol. The summed E-state index contributed by atoms with van der Waals surface area (Å²) in [5.74, 6) is -3.30. The van der Waals surface area contributed by atoms with Gasteiger partial charge in [0.2, 0.25) is 0 Å². The maximum Gasteiger partial charge on any atom is 0.337 e. The second-order valence-corrected chi connectivity index (χ2v) is 25.3. The quantitative estimate of drug-likeness (QED) is 0.0470. The average molecular weight is 1140 g/mol. The van der Waals surface area contributed by atoms with E-state index in [4.69, 9.17) is 19.6 Å². The molecule has 1 aromatic heterocycles. The number of likely N-dealkylation sites (N-methyl/N-ethyl adjacent to an activating group) is 1. The Bertz CT molecular complexity index is 3430. The molecule has 3 fully saturated rings. The van der Waals surface area contributed by atoms with E-state index in [2.05, 4.69) is 41.2 Å². The number of hydrogen-bond donors (Lipinski definition) is 11. The third kappa shape index (κ3) is 10.2. The molecule has 4 bridgehead atoms. The van der Waals surface area contributed by atoms with Gasteiger partial charge in [-0.05, 0) is 178 Å². The number of carbonyl (C=O) groups excluding carboxylic acids is 1. The molecule has 1 unspecified atom stereocenters. The fraction of sp³-hybridized carbons (Fsp3) is 0.522. The number of aliphatic hydroxyl groups is 5. The molecule has 0 saturated heterocycles. The van der Waals surface area contributed by atoms with E-state index in [0.29, 0.717) is 74.9 Å². The van der Waals surface area contributed by atoms with Crippen LogP contribution in [0.25, 0.3) is 11.0 Å². The van der Waals surface area contributed by atoms with Gasteiger partial charge >= 0.3 is 5.97 Å². The van der Waals surface area contributed by atoms with Crippen LogP contribution in [0.4, 0.5) is 0 Å². The predicted molar refractivity (Wildman–Crippen MR) is 314 cm³/mol. The van der Waals surface area contributed by atoms with Crippen molar-refractivity contribution in [3.63, 3.8) is 0 Å². The Morgan fingerprint density at radius 1 is 1.00 bits per heavy atom. The fourth-order valence-electron chi connectivity index (χ4n) is 16.4. The van der Waals surface area contributed by atoms with Crippen molar-refractivity contribution in [2.45, 2.75) is 183 Å². The molecule has 5 heterocycles. The van der Waals surface area contributed by atoms with Crippen molar-refractivity contribution in [3.05, 3.63) is 156 Å². The number of phenols is 2. The van der Waals surface area contributed by atoms with Crippen LogP contribution in [0.5, 0.6) is 17.2 Å². The summed E-state index contributed by atoms with van der Waals surface area (Å²) in [4.78, 5) is 30.1. The number of allylic oxidation sites excluding steroid dienone is 5. The van der Waals surface area contributed by atoms with Crippen LogP contribution in [0.1, 0.15) is 174 Å². The molecular formula is C67H82N4O12. The standard InChI is InChI=1S/C67H82N4O12/c1-4-50(67(80)24-18-40(32-67)37-10-9-11-39(26-37)52(75)19-23-66(79)21-7-6-8-22-66)64(78)82-54-31-48-60(77)58-53(76)30-43(34-72)81-62(58)59-56-46-20-25-70-63(68)57(46)45(17-13-36-12-15-42(74)29-47(36)49(56)35-73)44-16-14-38-28-55(69-5-2)71-33-41(38)27-51(44)65(54,3)83-61(48)59/h4,9-12,15,20,26,28-30,33,40,44-45,49,51-52,54-56,69-75,77,79-80H,5-8,13-14,16-19,21-25,27,31-32,34-35,68H2,1-3H3/b50-4+/t40-,44+,45-,49+,51-,52-,54+,55?,56-,65-,67-/m0/s1. The summed E-state index contributed by atoms with van der Waals surface area (Å²) in [6.07, 6.45) is 15.5. The van der Waals surface area contributed by atoms with Crippen molar-refractivity contribution in [2.75, 3.05) is 19.7 Å². The highest BCUT2D eigenvalue weighted by Crippen LogP contribution is 2.61. The smallest absolute Gasteiger partial charge is 0.337 e. The molecule has 4 aromatic rings. The number of carbonyl (C=O) groups is 1. The summed E-state index contributed by atoms with van der Waals surface area (Å²) in [5, 5.41) is 92.6. The van der Waals surface area contributed by atoms with Crippen LogP contribution in [-0.2, 0) is 29.0 Å². The highest BCUT2D eigenvalue weighted by molar-refractivity contribution is 5.93. The van der Waals surface area contributed by atoms with E-state index >= 15 is 4.79 Å². The molecule has 16 nitrogen and oxygen atoms in total. The maximum absolute atomic E-state index is 15.5. The molecule has 12 rings (SSSR count). The van der Waals surface area contributed by atoms with Crippen LogP contribution in [-0.4, -0.2) is 90.5 Å². The van der Waals surface area contributed by atoms with Crippen molar-refractivity contribution >= 4 is 16.9 Å². The Morgan fingerprint density at radius 2 is 1.82 bits per heavy atom. The predicted octanol–water partition coefficient (Wildman–Crippen LogP) is 8.36. The number of hydrogen-bond acceptors (Lipinski definition) is 16. The van der Waals surface area contributed by atoms with Crippen molar-refractivity contribution in [2.24, 2.45) is 23.5 Å². The van der Waals surface area contributed by atoms with E-state index in [0.717, 1.165) is 78.1 Å². The second kappa shape index (κ2) is 22.5. The number of benzene rings is 3. The Labute approximate surface area is 484 Å². The van der Waals surface area contributed by atoms with Gasteiger partial charge in [0.05, 0.1) is 35.7 Å². The molecule has 8 aliphatic rings. The van der Waals surface area contributed by atoms with Gasteiger partial charge in [-0.3, -0.25) is 10.1 Å². The number of aryl methyl sites for hydroxylation is 1. The molecule has 0 spiro atoms. The van der Waals surface area contributed by atoms with Gasteiger partial charge in [-0.15, -0.1) is 0 Å². The van der Waals surface area contributed by atoms with E-state index < -0.39 is 77.1 Å². The van der Waals surface area contributed by atoms with E-state index in [-0.39, 0.29) is 82.5 Å². The Kier molecular flexibility index (Phi) is 15.5. The largest absolute Gasteiger partial charge is 0.508 e. The normalized spacial score (nSPS) is 30.4. The van der Waals surface area contributed by atoms with Crippen LogP contribution < -0.4 is 31.8 Å². The van der Waals surface area contributed by atoms with E-state index in [1.54, 1.807) is 25.1 Å². The SMILES string of the molecule is C/C=C(\C(=O)O[C@@H]1Cc2c3c(c4oc(CO)cc(=O)c4c2O)[C@H]2C4=CCNC(N)=C4[C@@H](CCc4ccc(O)cc4[C@H]2CO)[C@H]2CCC4=CC(NCC)NC=C4C[C@@H]2[C@]1(C)O3)[C@]1(O)CC[C@H](c2cccc([C@@H](O)CCC3(O)CCCCC3)c2)C1. The summed E-state index contributed by atoms with van der Waals surface area (Å²) >= 11 is 0. The maximum atomic E-state index is 15.5. The first-order chi connectivity index (χ1) is 40.0. The molecule has 0 amide bonds. The Morgan fingerprint density at radius 3 is 2.59 bits per heavy atom. The summed E-state index contributed by atoms with van der Waals surface area (Å²) in [6, 6.07) is 14.2. The van der Waals surface area contributed by atoms with E-state index in [1.807, 2.05) is 37.3 Å². The molecule has 442 valence electrons. The molecule has 4 aliphatic carbocycles. The molecule has 83 heavy (non-hydrogen) atoms. The first kappa shape index (κ1) is 57.1. The lowest BCUT2D eigenvalue weighted by Crippen LogP contribution is -2.59. The van der Waals surface area contributed by atoms with Gasteiger partial charge in [0.25, 0.3) is 0 Å². The second-order valence-electron chi connectivity index (χ2n) is 25.3. The van der Waals surface area contributed by atoms with Crippen LogP contribution in [0.3, 0.4) is 0 Å². The van der Waals surface area contributed by atoms with Gasteiger partial charge in [-0.2, -0.15) is 0 Å². The van der Waals surface area contributed by atoms with Crippen LogP contribution in [0.2, 0.25) is 0 Å². The number of phenolic OH excluding ortho intramolecular Hbond substituents is 2. The Hall–Kier alpha value is -6.40. The Balaban J connectivity index is 0.994. The van der Waals surface area contributed by atoms with Gasteiger partial charge in [0.15, 0.2) is 5.43 Å². The molecule has 11 atom stereocenters. The average Bonchev–Trinajstić information content (AvgIpc) is 2.00. The number of ether oxygens (including phenoxy) is 2. The number of nitrogens with two attached hydrogens (primary N) is 1. The number of aromatic hydroxyl groups is 2. The molecule has 4 aliphatic heterocycles. The van der Waals surface area contributed by atoms with Gasteiger partial charge in [0.1, 0.15) is 58.1 Å². The number of esters is 1. The summed E-state index contributed by atoms with van der Waals surface area (Å²) in [5.41, 5.74) is 10.8. The minimum atomic E-state index is -1.60. The van der Waals surface area contributed by atoms with Gasteiger partial charge in [-0.1, -0.05) is 68.7 Å². The summed E-state index contributed by atoms with van der Waals surface area (Å²) < 4.78 is 21.4. The summed E-state index contributed by atoms with van der Waals surface area (Å²) in [6.45, 7) is 5.81. The zero-order chi connectivity index (χ0) is 58.1. The van der Waals surface area contributed by atoms with Crippen molar-refractivity contribution in [1.82, 2.24) is 16.0 Å². The topological polar surface area (TPSA) is 269 Å². The van der Waals surface area contributed by atoms with Gasteiger partial charge in [0, 0.05) is 54.1 Å². The third-order valence-electron chi connectivity index (χ3n) is 20.7. The lowest BCUT2D eigenvalue weighted by Gasteiger charge is -2.52. The van der Waals surface area contributed by atoms with Gasteiger partial charge in [-0.25, -0.2) is 4.79 Å². The van der Waals surface area contributed by atoms with E-state index in [9.17, 15) is 40.5 Å². The minimum Gasteiger partial charge on any atom is -0.508 e. The number of fused-ring (bicyclic) bond motifs is 9. The van der Waals surface area contributed by atoms with Crippen molar-refractivity contribution in [3.8, 4) is 17.2 Å². The first-order valence-corrected chi connectivity index (χ1v) is 30.5. The number of dihydropyridines is 2. The lowest BCUT2D eigenvalue weighted by atomic mass is 9.61. The fourth-order valence-corrected chi connectivity index (χ4v) is 16.4. The number of nitrogens with one attached hydrogen (secondary N) is 3. The third-order valence-corrected chi connectivity index (χ3v) is 20.7. The molecule has 3 saturated carbocycles. The van der Waals surface area contributed by atoms with Crippen LogP contribution in [0, 0.1) is 17.8 Å². The molecular weight excluding hydrogens is 1050 g/mol. The molecule has 0 radical (unpaired) electrons. The zero-order valence-electron chi connectivity index (χ0n) is 48.0. The highest BCUT2D eigenvalue weighted by atomic mass is 16.6. The van der Waals surface area contributed by atoms with E-state index in [1.165, 1.54) is 5.57 Å².